The van der Waals surface area contributed by atoms with Gasteiger partial charge >= 0.3 is 12.2 Å². The van der Waals surface area contributed by atoms with E-state index in [1.165, 1.54) is 13.1 Å². The summed E-state index contributed by atoms with van der Waals surface area (Å²) < 4.78 is 42.1. The minimum absolute atomic E-state index is 0.0453. The van der Waals surface area contributed by atoms with Crippen molar-refractivity contribution in [2.24, 2.45) is 5.92 Å². The van der Waals surface area contributed by atoms with E-state index in [1.54, 1.807) is 22.2 Å². The van der Waals surface area contributed by atoms with Crippen LogP contribution in [0.15, 0.2) is 60.9 Å². The van der Waals surface area contributed by atoms with Crippen LogP contribution in [-0.4, -0.2) is 96.4 Å². The Morgan fingerprint density at radius 1 is 0.980 bits per heavy atom. The molecule has 0 saturated carbocycles. The van der Waals surface area contributed by atoms with E-state index in [0.29, 0.717) is 58.7 Å². The third-order valence-electron chi connectivity index (χ3n) is 9.98. The molecule has 2 aromatic carbocycles. The zero-order valence-electron chi connectivity index (χ0n) is 27.9. The second-order valence-corrected chi connectivity index (χ2v) is 13.4. The van der Waals surface area contributed by atoms with Crippen molar-refractivity contribution in [3.05, 3.63) is 82.6 Å². The topological polar surface area (TPSA) is 101 Å². The monoisotopic (exact) mass is 711 g/mol. The maximum absolute atomic E-state index is 14.1. The molecule has 1 atom stereocenters. The van der Waals surface area contributed by atoms with Crippen molar-refractivity contribution in [3.8, 4) is 0 Å². The highest BCUT2D eigenvalue weighted by Gasteiger charge is 2.37. The predicted octanol–water partition coefficient (Wildman–Crippen LogP) is 5.77. The number of piperidine rings is 1. The normalized spacial score (nSPS) is 17.9. The van der Waals surface area contributed by atoms with Crippen LogP contribution in [-0.2, 0) is 28.6 Å². The summed E-state index contributed by atoms with van der Waals surface area (Å²) in [6.07, 6.45) is 0.408. The summed E-state index contributed by atoms with van der Waals surface area (Å²) >= 11 is 6.30. The number of urea groups is 1. The number of nitrogens with one attached hydrogen (secondary N) is 2. The Balaban J connectivity index is 1.15. The zero-order chi connectivity index (χ0) is 35.4. The average molecular weight is 712 g/mol. The van der Waals surface area contributed by atoms with Crippen molar-refractivity contribution in [1.82, 2.24) is 19.7 Å². The lowest BCUT2D eigenvalue weighted by molar-refractivity contribution is -0.142. The van der Waals surface area contributed by atoms with Crippen LogP contribution >= 0.6 is 11.6 Å². The van der Waals surface area contributed by atoms with Crippen molar-refractivity contribution in [2.75, 3.05) is 68.4 Å². The summed E-state index contributed by atoms with van der Waals surface area (Å²) in [6, 6.07) is 13.8. The Morgan fingerprint density at radius 2 is 1.68 bits per heavy atom. The minimum Gasteiger partial charge on any atom is -0.386 e. The Morgan fingerprint density at radius 3 is 2.36 bits per heavy atom. The van der Waals surface area contributed by atoms with Crippen molar-refractivity contribution >= 4 is 46.5 Å². The second kappa shape index (κ2) is 15.2. The molecule has 3 aromatic rings. The number of hydrogen-bond acceptors (Lipinski definition) is 6. The standard InChI is InChI=1S/C36H41ClF3N7O3/c1-41-33-29(36(38,39)40)21-24(22-30(33)37)20-26(34(49)46-18-16-44(17-19-46)27-6-11-42-12-7-27)23-32(48)45-13-9-28(10-14-45)47-15-8-25-4-2-3-5-31(25)43-35(47)50/h2-7,11-12,21-22,26,28,41H,8-10,13-20,23H2,1H3,(H,43,50)/t26-/m0/s1. The number of fused-ring (bicyclic) bond motifs is 1. The lowest BCUT2D eigenvalue weighted by atomic mass is 9.91. The highest BCUT2D eigenvalue weighted by Crippen LogP contribution is 2.40. The maximum Gasteiger partial charge on any atom is 0.418 e. The van der Waals surface area contributed by atoms with Gasteiger partial charge in [0.05, 0.1) is 22.2 Å². The number of anilines is 3. The summed E-state index contributed by atoms with van der Waals surface area (Å²) in [6.45, 7) is 3.35. The number of rotatable bonds is 8. The van der Waals surface area contributed by atoms with Gasteiger partial charge in [-0.3, -0.25) is 14.6 Å². The van der Waals surface area contributed by atoms with Gasteiger partial charge in [-0.1, -0.05) is 29.8 Å². The molecule has 4 heterocycles. The van der Waals surface area contributed by atoms with E-state index in [4.69, 9.17) is 11.6 Å². The number of nitrogens with zero attached hydrogens (tertiary/aromatic N) is 5. The molecular formula is C36H41ClF3N7O3. The van der Waals surface area contributed by atoms with Crippen LogP contribution in [0.2, 0.25) is 5.02 Å². The van der Waals surface area contributed by atoms with Gasteiger partial charge in [-0.25, -0.2) is 4.79 Å². The number of pyridine rings is 1. The number of hydrogen-bond donors (Lipinski definition) is 2. The van der Waals surface area contributed by atoms with E-state index in [0.717, 1.165) is 29.4 Å². The molecule has 2 fully saturated rings. The van der Waals surface area contributed by atoms with Crippen molar-refractivity contribution < 1.29 is 27.6 Å². The fourth-order valence-corrected chi connectivity index (χ4v) is 7.63. The molecule has 6 rings (SSSR count). The number of likely N-dealkylation sites (tertiary alicyclic amines) is 1. The van der Waals surface area contributed by atoms with Crippen LogP contribution < -0.4 is 15.5 Å². The number of alkyl halides is 3. The smallest absolute Gasteiger partial charge is 0.386 e. The van der Waals surface area contributed by atoms with Crippen LogP contribution in [0.4, 0.5) is 35.0 Å². The molecule has 14 heteroatoms. The van der Waals surface area contributed by atoms with E-state index >= 15 is 0 Å². The molecule has 10 nitrogen and oxygen atoms in total. The molecule has 50 heavy (non-hydrogen) atoms. The largest absolute Gasteiger partial charge is 0.418 e. The van der Waals surface area contributed by atoms with E-state index < -0.39 is 17.7 Å². The molecule has 3 aliphatic rings. The lowest BCUT2D eigenvalue weighted by Gasteiger charge is -2.39. The summed E-state index contributed by atoms with van der Waals surface area (Å²) in [4.78, 5) is 52.4. The third-order valence-corrected chi connectivity index (χ3v) is 10.3. The van der Waals surface area contributed by atoms with Gasteiger partial charge in [-0.15, -0.1) is 0 Å². The second-order valence-electron chi connectivity index (χ2n) is 13.0. The van der Waals surface area contributed by atoms with Gasteiger partial charge in [-0.2, -0.15) is 13.2 Å². The Kier molecular flexibility index (Phi) is 10.7. The van der Waals surface area contributed by atoms with Crippen molar-refractivity contribution in [3.63, 3.8) is 0 Å². The first-order chi connectivity index (χ1) is 24.0. The van der Waals surface area contributed by atoms with Gasteiger partial charge in [0.15, 0.2) is 0 Å². The molecule has 0 radical (unpaired) electrons. The van der Waals surface area contributed by atoms with Gasteiger partial charge < -0.3 is 30.2 Å². The Labute approximate surface area is 294 Å². The molecule has 0 unspecified atom stereocenters. The summed E-state index contributed by atoms with van der Waals surface area (Å²) in [7, 11) is 1.37. The van der Waals surface area contributed by atoms with Crippen molar-refractivity contribution in [1.29, 1.82) is 0 Å². The number of halogens is 4. The van der Waals surface area contributed by atoms with Gasteiger partial charge in [0.1, 0.15) is 0 Å². The quantitative estimate of drug-likeness (QED) is 0.308. The fourth-order valence-electron chi connectivity index (χ4n) is 7.29. The number of amides is 4. The molecule has 0 spiro atoms. The summed E-state index contributed by atoms with van der Waals surface area (Å²) in [5.41, 5.74) is 1.95. The van der Waals surface area contributed by atoms with E-state index in [9.17, 15) is 27.6 Å². The Hall–Kier alpha value is -4.52. The van der Waals surface area contributed by atoms with Crippen LogP contribution in [0.3, 0.4) is 0 Å². The molecule has 0 aliphatic carbocycles. The number of piperazine rings is 1. The number of benzene rings is 2. The van der Waals surface area contributed by atoms with E-state index in [2.05, 4.69) is 20.5 Å². The Bertz CT molecular complexity index is 1690. The maximum atomic E-state index is 14.1. The first-order valence-corrected chi connectivity index (χ1v) is 17.3. The lowest BCUT2D eigenvalue weighted by Crippen LogP contribution is -2.52. The molecular weight excluding hydrogens is 671 g/mol. The first kappa shape index (κ1) is 35.3. The molecule has 4 amide bonds. The number of carbonyl (C=O) groups is 3. The van der Waals surface area contributed by atoms with Gasteiger partial charge in [0.2, 0.25) is 11.8 Å². The molecule has 2 N–H and O–H groups in total. The van der Waals surface area contributed by atoms with Gasteiger partial charge in [0.25, 0.3) is 0 Å². The highest BCUT2D eigenvalue weighted by molar-refractivity contribution is 6.33. The van der Waals surface area contributed by atoms with Crippen LogP contribution in [0.1, 0.15) is 36.0 Å². The number of aromatic nitrogens is 1. The molecule has 2 saturated heterocycles. The average Bonchev–Trinajstić information content (AvgIpc) is 3.29. The third kappa shape index (κ3) is 7.93. The molecule has 0 bridgehead atoms. The van der Waals surface area contributed by atoms with E-state index in [1.807, 2.05) is 41.3 Å². The van der Waals surface area contributed by atoms with Crippen LogP contribution in [0, 0.1) is 5.92 Å². The van der Waals surface area contributed by atoms with E-state index in [-0.39, 0.29) is 53.0 Å². The fraction of sp³-hybridized carbons (Fsp3) is 0.444. The molecule has 3 aliphatic heterocycles. The van der Waals surface area contributed by atoms with Gasteiger partial charge in [-0.05, 0) is 67.1 Å². The van der Waals surface area contributed by atoms with Crippen LogP contribution in [0.5, 0.6) is 0 Å². The zero-order valence-corrected chi connectivity index (χ0v) is 28.6. The predicted molar refractivity (Wildman–Crippen MR) is 186 cm³/mol. The first-order valence-electron chi connectivity index (χ1n) is 17.0. The SMILES string of the molecule is CNc1c(Cl)cc(C[C@@H](CC(=O)N2CCC(N3CCc4ccccc4NC3=O)CC2)C(=O)N2CCN(c3ccncc3)CC2)cc1C(F)(F)F. The number of para-hydroxylation sites is 1. The molecule has 1 aromatic heterocycles. The highest BCUT2D eigenvalue weighted by atomic mass is 35.5. The van der Waals surface area contributed by atoms with Crippen molar-refractivity contribution in [2.45, 2.75) is 44.3 Å². The van der Waals surface area contributed by atoms with Crippen LogP contribution in [0.25, 0.3) is 0 Å². The van der Waals surface area contributed by atoms with Gasteiger partial charge in [0, 0.05) is 89.1 Å². The summed E-state index contributed by atoms with van der Waals surface area (Å²) in [5.74, 6) is -1.40. The number of carbonyl (C=O) groups excluding carboxylic acids is 3. The minimum atomic E-state index is -4.67. The molecule has 266 valence electrons. The summed E-state index contributed by atoms with van der Waals surface area (Å²) in [5, 5.41) is 5.43.